The van der Waals surface area contributed by atoms with Gasteiger partial charge in [-0.2, -0.15) is 0 Å². The summed E-state index contributed by atoms with van der Waals surface area (Å²) in [5, 5.41) is 2.44. The van der Waals surface area contributed by atoms with Crippen molar-refractivity contribution in [2.45, 2.75) is 25.9 Å². The smallest absolute Gasteiger partial charge is 0.262 e. The molecule has 6 nitrogen and oxygen atoms in total. The number of carbonyl (C=O) groups excluding carboxylic acids is 1. The largest absolute Gasteiger partial charge is 0.342 e. The van der Waals surface area contributed by atoms with Crippen LogP contribution in [0.15, 0.2) is 22.6 Å². The zero-order valence-corrected chi connectivity index (χ0v) is 13.6. The number of hydrogen-bond acceptors (Lipinski definition) is 5. The number of thiophene rings is 1. The molecule has 8 heteroatoms. The molecule has 116 valence electrons. The average molecular weight is 331 g/mol. The van der Waals surface area contributed by atoms with E-state index in [2.05, 4.69) is 4.98 Å². The van der Waals surface area contributed by atoms with E-state index in [1.54, 1.807) is 18.0 Å². The van der Waals surface area contributed by atoms with Gasteiger partial charge in [0.15, 0.2) is 0 Å². The van der Waals surface area contributed by atoms with E-state index in [1.807, 2.05) is 12.3 Å². The Morgan fingerprint density at radius 3 is 2.95 bits per heavy atom. The molecule has 0 aliphatic carbocycles. The third-order valence-electron chi connectivity index (χ3n) is 3.41. The van der Waals surface area contributed by atoms with Crippen LogP contribution >= 0.6 is 23.7 Å². The van der Waals surface area contributed by atoms with E-state index in [1.165, 1.54) is 22.2 Å². The van der Waals surface area contributed by atoms with Crippen molar-refractivity contribution in [2.75, 3.05) is 13.6 Å². The highest BCUT2D eigenvalue weighted by Crippen LogP contribution is 2.13. The maximum Gasteiger partial charge on any atom is 0.262 e. The first kappa shape index (κ1) is 17.6. The molecule has 2 rings (SSSR count). The number of likely N-dealkylation sites (N-methyl/N-ethyl adjacent to an activating group) is 1. The van der Waals surface area contributed by atoms with Crippen molar-refractivity contribution in [3.05, 3.63) is 28.1 Å². The van der Waals surface area contributed by atoms with Gasteiger partial charge < -0.3 is 10.6 Å². The molecule has 0 spiro atoms. The summed E-state index contributed by atoms with van der Waals surface area (Å²) < 4.78 is 1.48. The van der Waals surface area contributed by atoms with E-state index in [0.717, 1.165) is 4.83 Å². The highest BCUT2D eigenvalue weighted by atomic mass is 35.5. The summed E-state index contributed by atoms with van der Waals surface area (Å²) in [5.41, 5.74) is 5.44. The fraction of sp³-hybridized carbons (Fsp3) is 0.462. The van der Waals surface area contributed by atoms with Gasteiger partial charge in [-0.1, -0.05) is 0 Å². The van der Waals surface area contributed by atoms with Crippen LogP contribution in [0, 0.1) is 0 Å². The average Bonchev–Trinajstić information content (AvgIpc) is 2.94. The molecule has 2 heterocycles. The third kappa shape index (κ3) is 3.81. The van der Waals surface area contributed by atoms with Gasteiger partial charge in [0.05, 0.1) is 11.7 Å². The first-order valence-corrected chi connectivity index (χ1v) is 7.31. The molecule has 0 aromatic carbocycles. The van der Waals surface area contributed by atoms with Gasteiger partial charge in [-0.25, -0.2) is 4.98 Å². The predicted molar refractivity (Wildman–Crippen MR) is 87.0 cm³/mol. The van der Waals surface area contributed by atoms with Crippen LogP contribution in [0.1, 0.15) is 13.3 Å². The first-order chi connectivity index (χ1) is 9.54. The summed E-state index contributed by atoms with van der Waals surface area (Å²) in [7, 11) is 1.73. The van der Waals surface area contributed by atoms with E-state index in [4.69, 9.17) is 5.73 Å². The third-order valence-corrected chi connectivity index (χ3v) is 4.23. The molecule has 21 heavy (non-hydrogen) atoms. The SMILES string of the molecule is CC(CN)N(C)C(=O)CCn1cnc2sccc2c1=O.Cl. The van der Waals surface area contributed by atoms with E-state index >= 15 is 0 Å². The predicted octanol–water partition coefficient (Wildman–Crippen LogP) is 1.08. The molecule has 2 N–H and O–H groups in total. The Hall–Kier alpha value is -1.44. The lowest BCUT2D eigenvalue weighted by Gasteiger charge is -2.23. The number of halogens is 1. The van der Waals surface area contributed by atoms with Gasteiger partial charge in [-0.05, 0) is 18.4 Å². The van der Waals surface area contributed by atoms with Crippen LogP contribution in [0.3, 0.4) is 0 Å². The molecule has 0 bridgehead atoms. The molecule has 0 fully saturated rings. The summed E-state index contributed by atoms with van der Waals surface area (Å²) in [5.74, 6) is -0.0275. The lowest BCUT2D eigenvalue weighted by Crippen LogP contribution is -2.40. The number of hydrogen-bond donors (Lipinski definition) is 1. The molecule has 0 saturated carbocycles. The quantitative estimate of drug-likeness (QED) is 0.889. The molecule has 2 aromatic rings. The molecule has 1 atom stereocenters. The van der Waals surface area contributed by atoms with Crippen molar-refractivity contribution in [3.8, 4) is 0 Å². The van der Waals surface area contributed by atoms with Crippen molar-refractivity contribution < 1.29 is 4.79 Å². The maximum absolute atomic E-state index is 12.1. The summed E-state index contributed by atoms with van der Waals surface area (Å²) in [6, 6.07) is 1.76. The Kier molecular flexibility index (Phi) is 6.32. The zero-order valence-electron chi connectivity index (χ0n) is 12.0. The summed E-state index contributed by atoms with van der Waals surface area (Å²) >= 11 is 1.43. The lowest BCUT2D eigenvalue weighted by atomic mass is 10.2. The van der Waals surface area contributed by atoms with Gasteiger partial charge in [0.1, 0.15) is 4.83 Å². The van der Waals surface area contributed by atoms with Crippen LogP contribution in [0.25, 0.3) is 10.2 Å². The summed E-state index contributed by atoms with van der Waals surface area (Å²) in [6.07, 6.45) is 1.76. The van der Waals surface area contributed by atoms with Crippen molar-refractivity contribution in [1.29, 1.82) is 0 Å². The molecular weight excluding hydrogens is 312 g/mol. The monoisotopic (exact) mass is 330 g/mol. The Morgan fingerprint density at radius 1 is 1.57 bits per heavy atom. The van der Waals surface area contributed by atoms with Crippen LogP contribution in [0.5, 0.6) is 0 Å². The van der Waals surface area contributed by atoms with Crippen LogP contribution in [0.2, 0.25) is 0 Å². The standard InChI is InChI=1S/C13H18N4O2S.ClH/c1-9(7-14)16(2)11(18)3-5-17-8-15-12-10(13(17)19)4-6-20-12;/h4,6,8-9H,3,5,7,14H2,1-2H3;1H. The number of fused-ring (bicyclic) bond motifs is 1. The molecule has 0 radical (unpaired) electrons. The Morgan fingerprint density at radius 2 is 2.29 bits per heavy atom. The number of aryl methyl sites for hydroxylation is 1. The Balaban J connectivity index is 0.00000220. The van der Waals surface area contributed by atoms with Crippen molar-refractivity contribution in [3.63, 3.8) is 0 Å². The number of nitrogens with two attached hydrogens (primary N) is 1. The van der Waals surface area contributed by atoms with Crippen molar-refractivity contribution in [2.24, 2.45) is 5.73 Å². The van der Waals surface area contributed by atoms with Crippen LogP contribution in [-0.2, 0) is 11.3 Å². The minimum Gasteiger partial charge on any atom is -0.342 e. The van der Waals surface area contributed by atoms with E-state index in [0.29, 0.717) is 18.5 Å². The minimum absolute atomic E-state index is 0. The van der Waals surface area contributed by atoms with E-state index in [-0.39, 0.29) is 36.3 Å². The highest BCUT2D eigenvalue weighted by molar-refractivity contribution is 7.16. The van der Waals surface area contributed by atoms with Crippen molar-refractivity contribution >= 4 is 39.9 Å². The second kappa shape index (κ2) is 7.53. The number of rotatable bonds is 5. The number of aromatic nitrogens is 2. The molecule has 0 saturated heterocycles. The Bertz CT molecular complexity index is 669. The Labute approximate surface area is 133 Å². The molecule has 1 unspecified atom stereocenters. The minimum atomic E-state index is -0.0985. The van der Waals surface area contributed by atoms with Gasteiger partial charge in [0, 0.05) is 32.6 Å². The van der Waals surface area contributed by atoms with Crippen LogP contribution in [-0.4, -0.2) is 40.0 Å². The fourth-order valence-electron chi connectivity index (χ4n) is 1.85. The molecule has 0 aliphatic heterocycles. The van der Waals surface area contributed by atoms with Crippen LogP contribution in [0.4, 0.5) is 0 Å². The van der Waals surface area contributed by atoms with E-state index < -0.39 is 0 Å². The molecule has 1 amide bonds. The van der Waals surface area contributed by atoms with E-state index in [9.17, 15) is 9.59 Å². The number of carbonyl (C=O) groups is 1. The zero-order chi connectivity index (χ0) is 14.7. The van der Waals surface area contributed by atoms with Gasteiger partial charge >= 0.3 is 0 Å². The number of amides is 1. The summed E-state index contributed by atoms with van der Waals surface area (Å²) in [4.78, 5) is 30.7. The van der Waals surface area contributed by atoms with Gasteiger partial charge in [0.25, 0.3) is 5.56 Å². The first-order valence-electron chi connectivity index (χ1n) is 6.43. The van der Waals surface area contributed by atoms with Gasteiger partial charge in [-0.15, -0.1) is 23.7 Å². The second-order valence-corrected chi connectivity index (χ2v) is 5.62. The fourth-order valence-corrected chi connectivity index (χ4v) is 2.57. The molecule has 0 aliphatic rings. The van der Waals surface area contributed by atoms with Crippen molar-refractivity contribution in [1.82, 2.24) is 14.5 Å². The molecule has 2 aromatic heterocycles. The topological polar surface area (TPSA) is 81.2 Å². The van der Waals surface area contributed by atoms with Crippen LogP contribution < -0.4 is 11.3 Å². The lowest BCUT2D eigenvalue weighted by molar-refractivity contribution is -0.131. The normalized spacial score (nSPS) is 12.0. The summed E-state index contributed by atoms with van der Waals surface area (Å²) in [6.45, 7) is 2.64. The maximum atomic E-state index is 12.1. The van der Waals surface area contributed by atoms with Gasteiger partial charge in [-0.3, -0.25) is 14.2 Å². The second-order valence-electron chi connectivity index (χ2n) is 4.72. The number of nitrogens with zero attached hydrogens (tertiary/aromatic N) is 3. The molecular formula is C13H19ClN4O2S. The van der Waals surface area contributed by atoms with Gasteiger partial charge in [0.2, 0.25) is 5.91 Å². The highest BCUT2D eigenvalue weighted by Gasteiger charge is 2.14.